The molecule has 0 bridgehead atoms. The maximum atomic E-state index is 12.4. The summed E-state index contributed by atoms with van der Waals surface area (Å²) in [6.45, 7) is 8.28. The number of ether oxygens (including phenoxy) is 2. The van der Waals surface area contributed by atoms with Crippen molar-refractivity contribution in [2.45, 2.75) is 58.1 Å². The first kappa shape index (κ1) is 15.8. The largest absolute Gasteiger partial charge is 0.461 e. The molecule has 0 N–H and O–H groups in total. The minimum Gasteiger partial charge on any atom is -0.461 e. The topological polar surface area (TPSA) is 81.9 Å². The molecule has 1 aromatic heterocycles. The lowest BCUT2D eigenvalue weighted by Crippen LogP contribution is -2.44. The van der Waals surface area contributed by atoms with Gasteiger partial charge in [-0.15, -0.1) is 0 Å². The minimum atomic E-state index is -0.563. The molecule has 1 aromatic rings. The number of carbonyl (C=O) groups is 2. The third-order valence-electron chi connectivity index (χ3n) is 4.09. The number of fused-ring (bicyclic) bond motifs is 2. The highest BCUT2D eigenvalue weighted by Crippen LogP contribution is 2.53. The standard InChI is InChI=1S/C16H22N2O5/c1-5-21-13(19)11-10-8-18(14(20)22-15(2,3)4)9-16(6-7-16)12(10)23-17-11/h5-9H2,1-4H3. The second-order valence-electron chi connectivity index (χ2n) is 7.18. The Morgan fingerprint density at radius 1 is 1.35 bits per heavy atom. The molecule has 0 aromatic carbocycles. The number of hydrogen-bond donors (Lipinski definition) is 0. The number of amides is 1. The van der Waals surface area contributed by atoms with E-state index >= 15 is 0 Å². The number of aromatic nitrogens is 1. The van der Waals surface area contributed by atoms with Gasteiger partial charge in [-0.25, -0.2) is 9.59 Å². The summed E-state index contributed by atoms with van der Waals surface area (Å²) < 4.78 is 15.9. The number of nitrogens with zero attached hydrogens (tertiary/aromatic N) is 2. The lowest BCUT2D eigenvalue weighted by atomic mass is 9.93. The first-order valence-electron chi connectivity index (χ1n) is 7.90. The molecule has 1 saturated carbocycles. The molecule has 1 aliphatic heterocycles. The Labute approximate surface area is 134 Å². The van der Waals surface area contributed by atoms with Crippen LogP contribution in [-0.2, 0) is 21.4 Å². The summed E-state index contributed by atoms with van der Waals surface area (Å²) in [5, 5.41) is 3.89. The maximum absolute atomic E-state index is 12.4. The summed E-state index contributed by atoms with van der Waals surface area (Å²) >= 11 is 0. The van der Waals surface area contributed by atoms with Crippen molar-refractivity contribution in [3.63, 3.8) is 0 Å². The van der Waals surface area contributed by atoms with Crippen LogP contribution >= 0.6 is 0 Å². The molecule has 23 heavy (non-hydrogen) atoms. The first-order valence-corrected chi connectivity index (χ1v) is 7.90. The average molecular weight is 322 g/mol. The van der Waals surface area contributed by atoms with Crippen molar-refractivity contribution in [3.05, 3.63) is 17.0 Å². The van der Waals surface area contributed by atoms with Crippen LogP contribution in [0.2, 0.25) is 0 Å². The molecular weight excluding hydrogens is 300 g/mol. The molecule has 7 heteroatoms. The van der Waals surface area contributed by atoms with E-state index in [-0.39, 0.29) is 30.4 Å². The Kier molecular flexibility index (Phi) is 3.61. The van der Waals surface area contributed by atoms with E-state index < -0.39 is 11.6 Å². The highest BCUT2D eigenvalue weighted by molar-refractivity contribution is 5.89. The van der Waals surface area contributed by atoms with Gasteiger partial charge in [-0.3, -0.25) is 0 Å². The molecule has 0 saturated heterocycles. The minimum absolute atomic E-state index is 0.168. The molecule has 2 heterocycles. The van der Waals surface area contributed by atoms with Crippen molar-refractivity contribution in [1.82, 2.24) is 10.1 Å². The van der Waals surface area contributed by atoms with Crippen LogP contribution in [-0.4, -0.2) is 40.9 Å². The van der Waals surface area contributed by atoms with Crippen LogP contribution in [0, 0.1) is 0 Å². The lowest BCUT2D eigenvalue weighted by Gasteiger charge is -2.33. The van der Waals surface area contributed by atoms with Gasteiger partial charge in [-0.2, -0.15) is 0 Å². The molecule has 0 atom stereocenters. The van der Waals surface area contributed by atoms with Crippen LogP contribution in [0.5, 0.6) is 0 Å². The zero-order valence-electron chi connectivity index (χ0n) is 14.0. The van der Waals surface area contributed by atoms with Crippen LogP contribution in [0.1, 0.15) is 62.3 Å². The van der Waals surface area contributed by atoms with Gasteiger partial charge in [0.25, 0.3) is 0 Å². The van der Waals surface area contributed by atoms with Crippen LogP contribution in [0.4, 0.5) is 4.79 Å². The Balaban J connectivity index is 1.88. The monoisotopic (exact) mass is 322 g/mol. The summed E-state index contributed by atoms with van der Waals surface area (Å²) in [7, 11) is 0. The molecule has 0 radical (unpaired) electrons. The molecule has 7 nitrogen and oxygen atoms in total. The van der Waals surface area contributed by atoms with Gasteiger partial charge in [0, 0.05) is 12.0 Å². The summed E-state index contributed by atoms with van der Waals surface area (Å²) in [4.78, 5) is 26.1. The van der Waals surface area contributed by atoms with Gasteiger partial charge in [-0.05, 0) is 40.5 Å². The van der Waals surface area contributed by atoms with Crippen molar-refractivity contribution in [2.24, 2.45) is 0 Å². The number of carbonyl (C=O) groups excluding carboxylic acids is 2. The number of rotatable bonds is 2. The van der Waals surface area contributed by atoms with Crippen molar-refractivity contribution in [3.8, 4) is 0 Å². The Bertz CT molecular complexity index is 639. The molecule has 1 aliphatic carbocycles. The predicted octanol–water partition coefficient (Wildman–Crippen LogP) is 2.63. The highest BCUT2D eigenvalue weighted by Gasteiger charge is 2.55. The maximum Gasteiger partial charge on any atom is 0.410 e. The second kappa shape index (κ2) is 5.25. The van der Waals surface area contributed by atoms with Gasteiger partial charge in [0.1, 0.15) is 5.60 Å². The Morgan fingerprint density at radius 3 is 2.61 bits per heavy atom. The van der Waals surface area contributed by atoms with Crippen molar-refractivity contribution >= 4 is 12.1 Å². The molecule has 1 spiro atoms. The third-order valence-corrected chi connectivity index (χ3v) is 4.09. The molecule has 1 fully saturated rings. The smallest absolute Gasteiger partial charge is 0.410 e. The van der Waals surface area contributed by atoms with E-state index in [1.807, 2.05) is 20.8 Å². The van der Waals surface area contributed by atoms with Crippen molar-refractivity contribution in [1.29, 1.82) is 0 Å². The van der Waals surface area contributed by atoms with E-state index in [1.54, 1.807) is 11.8 Å². The van der Waals surface area contributed by atoms with Gasteiger partial charge in [0.05, 0.1) is 18.7 Å². The summed E-state index contributed by atoms with van der Waals surface area (Å²) in [6, 6.07) is 0. The van der Waals surface area contributed by atoms with Gasteiger partial charge < -0.3 is 18.9 Å². The molecule has 1 amide bonds. The fourth-order valence-corrected chi connectivity index (χ4v) is 2.91. The average Bonchev–Trinajstić information content (AvgIpc) is 3.05. The van der Waals surface area contributed by atoms with Crippen LogP contribution in [0.15, 0.2) is 4.52 Å². The van der Waals surface area contributed by atoms with Gasteiger partial charge in [-0.1, -0.05) is 5.16 Å². The Morgan fingerprint density at radius 2 is 2.04 bits per heavy atom. The third kappa shape index (κ3) is 2.92. The fourth-order valence-electron chi connectivity index (χ4n) is 2.91. The molecule has 126 valence electrons. The molecular formula is C16H22N2O5. The van der Waals surface area contributed by atoms with Crippen LogP contribution in [0.3, 0.4) is 0 Å². The van der Waals surface area contributed by atoms with Crippen LogP contribution in [0.25, 0.3) is 0 Å². The van der Waals surface area contributed by atoms with E-state index in [4.69, 9.17) is 14.0 Å². The number of hydrogen-bond acceptors (Lipinski definition) is 6. The first-order chi connectivity index (χ1) is 10.8. The lowest BCUT2D eigenvalue weighted by molar-refractivity contribution is 0.0184. The normalized spacial score (nSPS) is 18.5. The van der Waals surface area contributed by atoms with E-state index in [0.717, 1.165) is 18.6 Å². The number of esters is 1. The second-order valence-corrected chi connectivity index (χ2v) is 7.18. The molecule has 0 unspecified atom stereocenters. The SMILES string of the molecule is CCOC(=O)c1noc2c1CN(C(=O)OC(C)(C)C)CC21CC1. The summed E-state index contributed by atoms with van der Waals surface area (Å²) in [5.74, 6) is 0.208. The quantitative estimate of drug-likeness (QED) is 0.779. The van der Waals surface area contributed by atoms with E-state index in [2.05, 4.69) is 5.16 Å². The van der Waals surface area contributed by atoms with Gasteiger partial charge in [0.2, 0.25) is 0 Å². The van der Waals surface area contributed by atoms with Gasteiger partial charge >= 0.3 is 12.1 Å². The van der Waals surface area contributed by atoms with E-state index in [0.29, 0.717) is 12.1 Å². The van der Waals surface area contributed by atoms with E-state index in [1.165, 1.54) is 0 Å². The van der Waals surface area contributed by atoms with E-state index in [9.17, 15) is 9.59 Å². The molecule has 3 rings (SSSR count). The fraction of sp³-hybridized carbons (Fsp3) is 0.688. The van der Waals surface area contributed by atoms with Gasteiger partial charge in [0.15, 0.2) is 11.5 Å². The summed E-state index contributed by atoms with van der Waals surface area (Å²) in [5.41, 5.74) is 0.0361. The molecule has 2 aliphatic rings. The highest BCUT2D eigenvalue weighted by atomic mass is 16.6. The summed E-state index contributed by atoms with van der Waals surface area (Å²) in [6.07, 6.45) is 1.44. The van der Waals surface area contributed by atoms with Crippen molar-refractivity contribution < 1.29 is 23.6 Å². The zero-order valence-corrected chi connectivity index (χ0v) is 14.0. The Hall–Kier alpha value is -2.05. The van der Waals surface area contributed by atoms with Crippen molar-refractivity contribution in [2.75, 3.05) is 13.2 Å². The predicted molar refractivity (Wildman–Crippen MR) is 80.0 cm³/mol. The van der Waals surface area contributed by atoms with Crippen LogP contribution < -0.4 is 0 Å². The zero-order chi connectivity index (χ0) is 16.8.